The van der Waals surface area contributed by atoms with Crippen molar-refractivity contribution in [3.05, 3.63) is 72.2 Å². The van der Waals surface area contributed by atoms with Gasteiger partial charge in [0.25, 0.3) is 0 Å². The molecule has 0 unspecified atom stereocenters. The van der Waals surface area contributed by atoms with Gasteiger partial charge in [-0.15, -0.1) is 0 Å². The number of alkyl halides is 3. The van der Waals surface area contributed by atoms with Crippen LogP contribution in [0.3, 0.4) is 0 Å². The minimum Gasteiger partial charge on any atom is -0.435 e. The summed E-state index contributed by atoms with van der Waals surface area (Å²) >= 11 is 0. The summed E-state index contributed by atoms with van der Waals surface area (Å²) in [7, 11) is 0. The van der Waals surface area contributed by atoms with E-state index in [4.69, 9.17) is 10.5 Å². The van der Waals surface area contributed by atoms with Crippen molar-refractivity contribution in [3.8, 4) is 11.6 Å². The highest BCUT2D eigenvalue weighted by Gasteiger charge is 2.33. The number of pyridine rings is 1. The Balaban J connectivity index is 1.70. The number of halogens is 3. The van der Waals surface area contributed by atoms with Gasteiger partial charge >= 0.3 is 6.18 Å². The first-order valence-electron chi connectivity index (χ1n) is 8.91. The number of nitrogen functional groups attached to an aromatic ring is 1. The molecule has 0 spiro atoms. The van der Waals surface area contributed by atoms with Gasteiger partial charge in [0.15, 0.2) is 11.6 Å². The first-order chi connectivity index (χ1) is 14.3. The van der Waals surface area contributed by atoms with Crippen molar-refractivity contribution >= 4 is 28.1 Å². The molecule has 4 aromatic rings. The maximum atomic E-state index is 13.3. The van der Waals surface area contributed by atoms with Crippen LogP contribution >= 0.6 is 0 Å². The molecular formula is C21H16F3N5O. The second kappa shape index (κ2) is 7.51. The summed E-state index contributed by atoms with van der Waals surface area (Å²) in [6, 6.07) is 14.2. The van der Waals surface area contributed by atoms with Gasteiger partial charge in [0.2, 0.25) is 5.88 Å². The molecule has 0 amide bonds. The number of ether oxygens (including phenoxy) is 1. The van der Waals surface area contributed by atoms with Crippen molar-refractivity contribution in [1.29, 1.82) is 0 Å². The molecule has 0 aliphatic rings. The monoisotopic (exact) mass is 411 g/mol. The molecule has 0 saturated heterocycles. The van der Waals surface area contributed by atoms with Gasteiger partial charge in [0.05, 0.1) is 11.3 Å². The number of aryl methyl sites for hydroxylation is 1. The summed E-state index contributed by atoms with van der Waals surface area (Å²) in [6.45, 7) is 1.86. The Morgan fingerprint density at radius 1 is 0.967 bits per heavy atom. The van der Waals surface area contributed by atoms with Crippen LogP contribution in [0.1, 0.15) is 11.3 Å². The maximum absolute atomic E-state index is 13.3. The van der Waals surface area contributed by atoms with E-state index in [1.165, 1.54) is 18.2 Å². The highest BCUT2D eigenvalue weighted by atomic mass is 19.4. The van der Waals surface area contributed by atoms with Crippen molar-refractivity contribution in [3.63, 3.8) is 0 Å². The topological polar surface area (TPSA) is 86.0 Å². The number of nitrogens with two attached hydrogens (primary N) is 1. The minimum atomic E-state index is -4.53. The Morgan fingerprint density at radius 3 is 2.57 bits per heavy atom. The van der Waals surface area contributed by atoms with E-state index in [9.17, 15) is 13.2 Å². The third-order valence-electron chi connectivity index (χ3n) is 4.36. The number of rotatable bonds is 4. The second-order valence-corrected chi connectivity index (χ2v) is 6.49. The Morgan fingerprint density at radius 2 is 1.77 bits per heavy atom. The quantitative estimate of drug-likeness (QED) is 0.463. The Hall–Kier alpha value is -3.88. The lowest BCUT2D eigenvalue weighted by Gasteiger charge is -2.16. The van der Waals surface area contributed by atoms with Crippen molar-refractivity contribution in [2.75, 3.05) is 11.1 Å². The highest BCUT2D eigenvalue weighted by Crippen LogP contribution is 2.38. The molecule has 4 rings (SSSR count). The molecule has 0 radical (unpaired) electrons. The standard InChI is InChI=1S/C21H16F3N5O/c1-12-9-10-13-5-4-8-16(18(13)28-12)30-20-17(25)19(26-11-27-20)29-15-7-3-2-6-14(15)21(22,23)24/h2-11H,25H2,1H3,(H,26,27,29). The summed E-state index contributed by atoms with van der Waals surface area (Å²) in [6.07, 6.45) is -3.37. The fourth-order valence-corrected chi connectivity index (χ4v) is 2.93. The van der Waals surface area contributed by atoms with E-state index in [2.05, 4.69) is 20.3 Å². The van der Waals surface area contributed by atoms with Crippen molar-refractivity contribution in [1.82, 2.24) is 15.0 Å². The van der Waals surface area contributed by atoms with E-state index in [0.29, 0.717) is 11.3 Å². The number of nitrogens with one attached hydrogen (secondary N) is 1. The van der Waals surface area contributed by atoms with Gasteiger partial charge in [-0.05, 0) is 31.2 Å². The predicted molar refractivity (Wildman–Crippen MR) is 108 cm³/mol. The van der Waals surface area contributed by atoms with Gasteiger partial charge in [-0.25, -0.2) is 9.97 Å². The zero-order valence-corrected chi connectivity index (χ0v) is 15.7. The molecular weight excluding hydrogens is 395 g/mol. The molecule has 6 nitrogen and oxygen atoms in total. The Labute approximate surface area is 169 Å². The average molecular weight is 411 g/mol. The SMILES string of the molecule is Cc1ccc2cccc(Oc3ncnc(Nc4ccccc4C(F)(F)F)c3N)c2n1. The molecule has 0 saturated carbocycles. The number of para-hydroxylation sites is 2. The van der Waals surface area contributed by atoms with Gasteiger partial charge in [-0.2, -0.15) is 18.2 Å². The highest BCUT2D eigenvalue weighted by molar-refractivity contribution is 5.85. The predicted octanol–water partition coefficient (Wildman–Crippen LogP) is 5.47. The number of hydrogen-bond donors (Lipinski definition) is 2. The number of benzene rings is 2. The third-order valence-corrected chi connectivity index (χ3v) is 4.36. The van der Waals surface area contributed by atoms with Crippen LogP contribution in [0.4, 0.5) is 30.4 Å². The Bertz CT molecular complexity index is 1230. The smallest absolute Gasteiger partial charge is 0.418 e. The van der Waals surface area contributed by atoms with Crippen LogP contribution < -0.4 is 15.8 Å². The molecule has 0 aliphatic carbocycles. The fourth-order valence-electron chi connectivity index (χ4n) is 2.93. The zero-order valence-electron chi connectivity index (χ0n) is 15.7. The number of anilines is 3. The lowest BCUT2D eigenvalue weighted by atomic mass is 10.1. The van der Waals surface area contributed by atoms with Crippen molar-refractivity contribution in [2.24, 2.45) is 0 Å². The molecule has 9 heteroatoms. The number of nitrogens with zero attached hydrogens (tertiary/aromatic N) is 3. The van der Waals surface area contributed by atoms with Crippen LogP contribution in [-0.2, 0) is 6.18 Å². The van der Waals surface area contributed by atoms with E-state index in [1.54, 1.807) is 12.1 Å². The molecule has 0 aliphatic heterocycles. The van der Waals surface area contributed by atoms with Crippen LogP contribution in [0.5, 0.6) is 11.6 Å². The molecule has 152 valence electrons. The summed E-state index contributed by atoms with van der Waals surface area (Å²) in [4.78, 5) is 12.5. The summed E-state index contributed by atoms with van der Waals surface area (Å²) in [5, 5.41) is 3.49. The van der Waals surface area contributed by atoms with Gasteiger partial charge in [0, 0.05) is 11.1 Å². The van der Waals surface area contributed by atoms with E-state index >= 15 is 0 Å². The van der Waals surface area contributed by atoms with E-state index in [-0.39, 0.29) is 23.1 Å². The third kappa shape index (κ3) is 3.82. The van der Waals surface area contributed by atoms with Crippen LogP contribution in [0, 0.1) is 6.92 Å². The van der Waals surface area contributed by atoms with Crippen LogP contribution in [0.15, 0.2) is 60.9 Å². The summed E-state index contributed by atoms with van der Waals surface area (Å²) in [5.41, 5.74) is 6.48. The van der Waals surface area contributed by atoms with Gasteiger partial charge in [-0.3, -0.25) is 0 Å². The van der Waals surface area contributed by atoms with Crippen LogP contribution in [0.2, 0.25) is 0 Å². The fraction of sp³-hybridized carbons (Fsp3) is 0.0952. The average Bonchev–Trinajstić information content (AvgIpc) is 2.71. The first-order valence-corrected chi connectivity index (χ1v) is 8.91. The second-order valence-electron chi connectivity index (χ2n) is 6.49. The summed E-state index contributed by atoms with van der Waals surface area (Å²) < 4.78 is 45.6. The first kappa shape index (κ1) is 19.4. The largest absolute Gasteiger partial charge is 0.435 e. The summed E-state index contributed by atoms with van der Waals surface area (Å²) in [5.74, 6) is 0.428. The van der Waals surface area contributed by atoms with Crippen molar-refractivity contribution in [2.45, 2.75) is 13.1 Å². The molecule has 0 bridgehead atoms. The Kier molecular flexibility index (Phi) is 4.86. The van der Waals surface area contributed by atoms with E-state index in [0.717, 1.165) is 23.5 Å². The lowest BCUT2D eigenvalue weighted by molar-refractivity contribution is -0.136. The lowest BCUT2D eigenvalue weighted by Crippen LogP contribution is -2.10. The molecule has 2 aromatic carbocycles. The molecule has 0 atom stereocenters. The number of hydrogen-bond acceptors (Lipinski definition) is 6. The molecule has 2 heterocycles. The molecule has 0 fully saturated rings. The van der Waals surface area contributed by atoms with Crippen LogP contribution in [-0.4, -0.2) is 15.0 Å². The number of fused-ring (bicyclic) bond motifs is 1. The molecule has 30 heavy (non-hydrogen) atoms. The molecule has 2 aromatic heterocycles. The zero-order chi connectivity index (χ0) is 21.3. The van der Waals surface area contributed by atoms with E-state index in [1.807, 2.05) is 25.1 Å². The van der Waals surface area contributed by atoms with Gasteiger partial charge in [0.1, 0.15) is 17.5 Å². The molecule has 3 N–H and O–H groups in total. The maximum Gasteiger partial charge on any atom is 0.418 e. The van der Waals surface area contributed by atoms with E-state index < -0.39 is 11.7 Å². The number of aromatic nitrogens is 3. The van der Waals surface area contributed by atoms with Gasteiger partial charge < -0.3 is 15.8 Å². The van der Waals surface area contributed by atoms with Crippen molar-refractivity contribution < 1.29 is 17.9 Å². The van der Waals surface area contributed by atoms with Crippen LogP contribution in [0.25, 0.3) is 10.9 Å². The normalized spacial score (nSPS) is 11.5. The minimum absolute atomic E-state index is 0.000997. The van der Waals surface area contributed by atoms with Gasteiger partial charge in [-0.1, -0.05) is 30.3 Å².